The topological polar surface area (TPSA) is 137 Å². The van der Waals surface area contributed by atoms with Crippen molar-refractivity contribution in [3.63, 3.8) is 0 Å². The maximum atomic E-state index is 11.9. The molecule has 0 radical (unpaired) electrons. The number of ether oxygens (including phenoxy) is 2. The van der Waals surface area contributed by atoms with Crippen LogP contribution in [0.3, 0.4) is 0 Å². The molecule has 1 aliphatic heterocycles. The number of carbonyl (C=O) groups is 3. The van der Waals surface area contributed by atoms with Crippen molar-refractivity contribution in [2.24, 2.45) is 0 Å². The third kappa shape index (κ3) is 5.36. The van der Waals surface area contributed by atoms with Crippen molar-refractivity contribution < 1.29 is 28.8 Å². The van der Waals surface area contributed by atoms with Crippen LogP contribution in [0.25, 0.3) is 6.08 Å². The van der Waals surface area contributed by atoms with Gasteiger partial charge in [0, 0.05) is 12.1 Å². The number of barbiturate groups is 1. The first-order valence-corrected chi connectivity index (χ1v) is 10.1. The van der Waals surface area contributed by atoms with Crippen LogP contribution in [0.15, 0.2) is 42.0 Å². The molecule has 31 heavy (non-hydrogen) atoms. The van der Waals surface area contributed by atoms with Gasteiger partial charge in [-0.05, 0) is 58.9 Å². The highest BCUT2D eigenvalue weighted by molar-refractivity contribution is 14.1. The summed E-state index contributed by atoms with van der Waals surface area (Å²) in [5, 5.41) is 15.0. The Balaban J connectivity index is 1.89. The van der Waals surface area contributed by atoms with E-state index in [1.54, 1.807) is 31.2 Å². The molecular weight excluding hydrogens is 521 g/mol. The van der Waals surface area contributed by atoms with Crippen LogP contribution >= 0.6 is 22.6 Å². The second-order valence-electron chi connectivity index (χ2n) is 6.27. The molecule has 10 nitrogen and oxygen atoms in total. The van der Waals surface area contributed by atoms with Crippen molar-refractivity contribution in [1.29, 1.82) is 0 Å². The van der Waals surface area contributed by atoms with Crippen molar-refractivity contribution in [3.05, 3.63) is 66.8 Å². The molecule has 3 rings (SSSR count). The molecule has 0 bridgehead atoms. The number of nitro groups is 1. The van der Waals surface area contributed by atoms with Crippen LogP contribution in [0.2, 0.25) is 0 Å². The van der Waals surface area contributed by atoms with Gasteiger partial charge in [-0.2, -0.15) is 0 Å². The number of hydrogen-bond donors (Lipinski definition) is 2. The number of nitrogens with one attached hydrogen (secondary N) is 2. The first-order chi connectivity index (χ1) is 14.8. The van der Waals surface area contributed by atoms with E-state index in [2.05, 4.69) is 0 Å². The van der Waals surface area contributed by atoms with Gasteiger partial charge >= 0.3 is 6.03 Å². The Kier molecular flexibility index (Phi) is 6.84. The van der Waals surface area contributed by atoms with Crippen molar-refractivity contribution in [2.75, 3.05) is 6.61 Å². The molecule has 160 valence electrons. The van der Waals surface area contributed by atoms with E-state index in [1.807, 2.05) is 33.2 Å². The van der Waals surface area contributed by atoms with Crippen molar-refractivity contribution in [1.82, 2.24) is 10.6 Å². The Morgan fingerprint density at radius 2 is 1.81 bits per heavy atom. The summed E-state index contributed by atoms with van der Waals surface area (Å²) >= 11 is 2.02. The van der Waals surface area contributed by atoms with Crippen LogP contribution in [-0.4, -0.2) is 29.4 Å². The highest BCUT2D eigenvalue weighted by Gasteiger charge is 2.28. The summed E-state index contributed by atoms with van der Waals surface area (Å²) < 4.78 is 12.1. The molecule has 0 aromatic heterocycles. The third-order valence-electron chi connectivity index (χ3n) is 4.09. The number of urea groups is 1. The molecule has 0 unspecified atom stereocenters. The van der Waals surface area contributed by atoms with E-state index in [4.69, 9.17) is 9.47 Å². The number of amides is 4. The molecule has 2 aromatic rings. The monoisotopic (exact) mass is 537 g/mol. The summed E-state index contributed by atoms with van der Waals surface area (Å²) in [6.45, 7) is 2.19. The Morgan fingerprint density at radius 1 is 1.10 bits per heavy atom. The Hall–Kier alpha value is -3.48. The SMILES string of the molecule is CCOc1cc(C=C2C(=O)NC(=O)NC2=O)cc(I)c1OCc1cccc([N+](=O)[O-])c1. The maximum Gasteiger partial charge on any atom is 0.328 e. The molecule has 1 saturated heterocycles. The van der Waals surface area contributed by atoms with Gasteiger partial charge in [0.2, 0.25) is 0 Å². The number of halogens is 1. The molecule has 0 spiro atoms. The van der Waals surface area contributed by atoms with E-state index in [9.17, 15) is 24.5 Å². The lowest BCUT2D eigenvalue weighted by Crippen LogP contribution is -2.51. The first-order valence-electron chi connectivity index (χ1n) is 8.99. The smallest absolute Gasteiger partial charge is 0.328 e. The number of hydrogen-bond acceptors (Lipinski definition) is 7. The normalized spacial score (nSPS) is 13.4. The lowest BCUT2D eigenvalue weighted by molar-refractivity contribution is -0.384. The number of nitro benzene ring substituents is 1. The van der Waals surface area contributed by atoms with E-state index in [-0.39, 0.29) is 17.9 Å². The molecule has 1 aliphatic rings. The third-order valence-corrected chi connectivity index (χ3v) is 4.89. The van der Waals surface area contributed by atoms with Crippen LogP contribution in [0.4, 0.5) is 10.5 Å². The van der Waals surface area contributed by atoms with E-state index < -0.39 is 22.8 Å². The highest BCUT2D eigenvalue weighted by Crippen LogP contribution is 2.35. The number of benzene rings is 2. The van der Waals surface area contributed by atoms with Gasteiger partial charge in [-0.3, -0.25) is 30.3 Å². The van der Waals surface area contributed by atoms with Crippen molar-refractivity contribution in [3.8, 4) is 11.5 Å². The minimum absolute atomic E-state index is 0.0367. The Bertz CT molecular complexity index is 1090. The van der Waals surface area contributed by atoms with Gasteiger partial charge in [0.05, 0.1) is 15.1 Å². The molecule has 11 heteroatoms. The standard InChI is InChI=1S/C20H16IN3O7/c1-2-30-16-9-12(7-14-18(25)22-20(27)23-19(14)26)8-15(21)17(16)31-10-11-4-3-5-13(6-11)24(28)29/h3-9H,2,10H2,1H3,(H2,22,23,25,26,27). The fraction of sp³-hybridized carbons (Fsp3) is 0.150. The highest BCUT2D eigenvalue weighted by atomic mass is 127. The van der Waals surface area contributed by atoms with Crippen LogP contribution in [0.1, 0.15) is 18.1 Å². The maximum absolute atomic E-state index is 11.9. The minimum atomic E-state index is -0.873. The van der Waals surface area contributed by atoms with E-state index in [0.717, 1.165) is 0 Å². The molecule has 1 heterocycles. The van der Waals surface area contributed by atoms with Gasteiger partial charge in [0.1, 0.15) is 12.2 Å². The zero-order valence-electron chi connectivity index (χ0n) is 16.1. The zero-order valence-corrected chi connectivity index (χ0v) is 18.3. The molecule has 0 aliphatic carbocycles. The zero-order chi connectivity index (χ0) is 22.5. The summed E-state index contributed by atoms with van der Waals surface area (Å²) in [6.07, 6.45) is 1.34. The predicted molar refractivity (Wildman–Crippen MR) is 117 cm³/mol. The van der Waals surface area contributed by atoms with Gasteiger partial charge < -0.3 is 9.47 Å². The number of imide groups is 2. The quantitative estimate of drug-likeness (QED) is 0.182. The lowest BCUT2D eigenvalue weighted by atomic mass is 10.1. The molecule has 4 amide bonds. The largest absolute Gasteiger partial charge is 0.490 e. The summed E-state index contributed by atoms with van der Waals surface area (Å²) in [4.78, 5) is 45.6. The van der Waals surface area contributed by atoms with E-state index in [1.165, 1.54) is 18.2 Å². The molecule has 0 atom stereocenters. The molecule has 2 aromatic carbocycles. The molecule has 1 fully saturated rings. The summed E-state index contributed by atoms with van der Waals surface area (Å²) in [5.41, 5.74) is 0.845. The molecule has 2 N–H and O–H groups in total. The predicted octanol–water partition coefficient (Wildman–Crippen LogP) is 2.93. The summed E-state index contributed by atoms with van der Waals surface area (Å²) in [6, 6.07) is 8.50. The average Bonchev–Trinajstić information content (AvgIpc) is 2.70. The van der Waals surface area contributed by atoms with Crippen LogP contribution < -0.4 is 20.1 Å². The Morgan fingerprint density at radius 3 is 2.45 bits per heavy atom. The second-order valence-corrected chi connectivity index (χ2v) is 7.44. The average molecular weight is 537 g/mol. The van der Waals surface area contributed by atoms with Crippen LogP contribution in [0.5, 0.6) is 11.5 Å². The van der Waals surface area contributed by atoms with Gasteiger partial charge in [0.15, 0.2) is 11.5 Å². The van der Waals surface area contributed by atoms with Gasteiger partial charge in [0.25, 0.3) is 17.5 Å². The fourth-order valence-corrected chi connectivity index (χ4v) is 3.54. The van der Waals surface area contributed by atoms with Crippen molar-refractivity contribution >= 4 is 52.2 Å². The summed E-state index contributed by atoms with van der Waals surface area (Å²) in [7, 11) is 0. The number of carbonyl (C=O) groups excluding carboxylic acids is 3. The van der Waals surface area contributed by atoms with Crippen LogP contribution in [-0.2, 0) is 16.2 Å². The van der Waals surface area contributed by atoms with E-state index >= 15 is 0 Å². The fourth-order valence-electron chi connectivity index (χ4n) is 2.76. The lowest BCUT2D eigenvalue weighted by Gasteiger charge is -2.16. The number of non-ortho nitro benzene ring substituents is 1. The van der Waals surface area contributed by atoms with Gasteiger partial charge in [-0.25, -0.2) is 4.79 Å². The van der Waals surface area contributed by atoms with Gasteiger partial charge in [-0.1, -0.05) is 12.1 Å². The van der Waals surface area contributed by atoms with E-state index in [0.29, 0.717) is 32.8 Å². The number of nitrogens with zero attached hydrogens (tertiary/aromatic N) is 1. The molecule has 0 saturated carbocycles. The van der Waals surface area contributed by atoms with Gasteiger partial charge in [-0.15, -0.1) is 0 Å². The van der Waals surface area contributed by atoms with Crippen molar-refractivity contribution in [2.45, 2.75) is 13.5 Å². The number of rotatable bonds is 7. The summed E-state index contributed by atoms with van der Waals surface area (Å²) in [5.74, 6) is -0.802. The Labute approximate surface area is 189 Å². The molecular formula is C20H16IN3O7. The second kappa shape index (κ2) is 9.55. The first kappa shape index (κ1) is 22.2. The van der Waals surface area contributed by atoms with Crippen LogP contribution in [0, 0.1) is 13.7 Å². The minimum Gasteiger partial charge on any atom is -0.490 e.